The molecule has 8 heteroatoms. The molecule has 0 spiro atoms. The number of piperidine rings is 1. The van der Waals surface area contributed by atoms with Crippen LogP contribution in [-0.4, -0.2) is 40.0 Å². The molecule has 6 nitrogen and oxygen atoms in total. The number of nitro benzene ring substituents is 1. The third kappa shape index (κ3) is 2.74. The molecule has 0 bridgehead atoms. The summed E-state index contributed by atoms with van der Waals surface area (Å²) in [7, 11) is 0. The van der Waals surface area contributed by atoms with Crippen molar-refractivity contribution in [3.63, 3.8) is 0 Å². The van der Waals surface area contributed by atoms with Crippen LogP contribution in [0.2, 0.25) is 0 Å². The van der Waals surface area contributed by atoms with Gasteiger partial charge in [-0.25, -0.2) is 4.39 Å². The second-order valence-corrected chi connectivity index (χ2v) is 4.59. The van der Waals surface area contributed by atoms with Gasteiger partial charge in [0.2, 0.25) is 5.82 Å². The van der Waals surface area contributed by atoms with E-state index >= 15 is 0 Å². The number of hydrogen-bond donors (Lipinski definition) is 1. The Bertz CT molecular complexity index is 565. The number of hydrogen-bond acceptors (Lipinski definition) is 4. The third-order valence-corrected chi connectivity index (χ3v) is 3.15. The number of nitro groups is 1. The first-order valence-electron chi connectivity index (χ1n) is 6.01. The maximum atomic E-state index is 13.7. The Morgan fingerprint density at radius 1 is 1.40 bits per heavy atom. The van der Waals surface area contributed by atoms with E-state index in [4.69, 9.17) is 0 Å². The fraction of sp³-hybridized carbons (Fsp3) is 0.417. The van der Waals surface area contributed by atoms with Gasteiger partial charge in [-0.3, -0.25) is 14.9 Å². The molecule has 1 amide bonds. The zero-order chi connectivity index (χ0) is 14.9. The number of aliphatic hydroxyl groups is 1. The molecule has 1 aromatic rings. The predicted octanol–water partition coefficient (Wildman–Crippen LogP) is 1.47. The van der Waals surface area contributed by atoms with Crippen LogP contribution in [0, 0.1) is 21.7 Å². The molecule has 1 N–H and O–H groups in total. The molecule has 1 heterocycles. The Hall–Kier alpha value is -2.09. The highest BCUT2D eigenvalue weighted by Crippen LogP contribution is 2.23. The molecular formula is C12H12F2N2O4. The van der Waals surface area contributed by atoms with E-state index in [1.54, 1.807) is 0 Å². The molecule has 1 aliphatic rings. The normalized spacial score (nSPS) is 18.9. The first kappa shape index (κ1) is 14.3. The van der Waals surface area contributed by atoms with Gasteiger partial charge in [0.25, 0.3) is 5.91 Å². The molecule has 0 saturated carbocycles. The van der Waals surface area contributed by atoms with E-state index in [0.717, 1.165) is 0 Å². The molecule has 0 unspecified atom stereocenters. The summed E-state index contributed by atoms with van der Waals surface area (Å²) >= 11 is 0. The molecule has 0 aromatic heterocycles. The quantitative estimate of drug-likeness (QED) is 0.659. The lowest BCUT2D eigenvalue weighted by molar-refractivity contribution is -0.387. The average Bonchev–Trinajstić information content (AvgIpc) is 2.40. The molecule has 2 rings (SSSR count). The van der Waals surface area contributed by atoms with Gasteiger partial charge in [0, 0.05) is 13.1 Å². The van der Waals surface area contributed by atoms with Gasteiger partial charge < -0.3 is 10.0 Å². The molecule has 1 fully saturated rings. The van der Waals surface area contributed by atoms with Gasteiger partial charge >= 0.3 is 5.69 Å². The van der Waals surface area contributed by atoms with Crippen molar-refractivity contribution in [2.24, 2.45) is 0 Å². The Labute approximate surface area is 112 Å². The topological polar surface area (TPSA) is 83.7 Å². The van der Waals surface area contributed by atoms with Crippen molar-refractivity contribution in [1.82, 2.24) is 4.90 Å². The first-order valence-corrected chi connectivity index (χ1v) is 6.01. The van der Waals surface area contributed by atoms with Crippen LogP contribution in [0.25, 0.3) is 0 Å². The zero-order valence-electron chi connectivity index (χ0n) is 10.4. The van der Waals surface area contributed by atoms with Gasteiger partial charge in [0.15, 0.2) is 0 Å². The second-order valence-electron chi connectivity index (χ2n) is 4.59. The molecule has 0 radical (unpaired) electrons. The second kappa shape index (κ2) is 5.49. The monoisotopic (exact) mass is 286 g/mol. The van der Waals surface area contributed by atoms with Crippen molar-refractivity contribution in [3.8, 4) is 0 Å². The van der Waals surface area contributed by atoms with Crippen molar-refractivity contribution >= 4 is 11.6 Å². The highest BCUT2D eigenvalue weighted by Gasteiger charge is 2.28. The van der Waals surface area contributed by atoms with Crippen LogP contribution in [0.5, 0.6) is 0 Å². The Balaban J connectivity index is 2.30. The van der Waals surface area contributed by atoms with Gasteiger partial charge in [-0.1, -0.05) is 0 Å². The lowest BCUT2D eigenvalue weighted by Crippen LogP contribution is -2.42. The summed E-state index contributed by atoms with van der Waals surface area (Å²) in [6.45, 7) is 0.366. The van der Waals surface area contributed by atoms with Crippen LogP contribution < -0.4 is 0 Å². The SMILES string of the molecule is O=C(c1cc(F)c([N+](=O)[O-])cc1F)N1CCC[C@H](O)C1. The van der Waals surface area contributed by atoms with Gasteiger partial charge in [-0.05, 0) is 18.9 Å². The van der Waals surface area contributed by atoms with Gasteiger partial charge in [0.1, 0.15) is 5.82 Å². The molecule has 1 aliphatic heterocycles. The summed E-state index contributed by atoms with van der Waals surface area (Å²) in [4.78, 5) is 22.7. The summed E-state index contributed by atoms with van der Waals surface area (Å²) in [5, 5.41) is 19.9. The number of amides is 1. The number of benzene rings is 1. The van der Waals surface area contributed by atoms with Crippen LogP contribution >= 0.6 is 0 Å². The lowest BCUT2D eigenvalue weighted by Gasteiger charge is -2.30. The number of likely N-dealkylation sites (tertiary alicyclic amines) is 1. The highest BCUT2D eigenvalue weighted by atomic mass is 19.1. The van der Waals surface area contributed by atoms with Gasteiger partial charge in [-0.2, -0.15) is 4.39 Å². The third-order valence-electron chi connectivity index (χ3n) is 3.15. The van der Waals surface area contributed by atoms with Crippen molar-refractivity contribution in [2.45, 2.75) is 18.9 Å². The lowest BCUT2D eigenvalue weighted by atomic mass is 10.1. The highest BCUT2D eigenvalue weighted by molar-refractivity contribution is 5.94. The summed E-state index contributed by atoms with van der Waals surface area (Å²) in [5.74, 6) is -3.20. The fourth-order valence-corrected chi connectivity index (χ4v) is 2.15. The first-order chi connectivity index (χ1) is 9.40. The molecule has 1 atom stereocenters. The molecule has 1 saturated heterocycles. The summed E-state index contributed by atoms with van der Waals surface area (Å²) in [6.07, 6.45) is 0.406. The van der Waals surface area contributed by atoms with Crippen molar-refractivity contribution in [1.29, 1.82) is 0 Å². The van der Waals surface area contributed by atoms with Crippen molar-refractivity contribution in [2.75, 3.05) is 13.1 Å². The zero-order valence-corrected chi connectivity index (χ0v) is 10.4. The largest absolute Gasteiger partial charge is 0.391 e. The summed E-state index contributed by atoms with van der Waals surface area (Å²) in [6, 6.07) is 0.916. The summed E-state index contributed by atoms with van der Waals surface area (Å²) < 4.78 is 27.2. The smallest absolute Gasteiger partial charge is 0.307 e. The number of nitrogens with zero attached hydrogens (tertiary/aromatic N) is 2. The number of carbonyl (C=O) groups is 1. The van der Waals surface area contributed by atoms with Gasteiger partial charge in [-0.15, -0.1) is 0 Å². The molecule has 108 valence electrons. The van der Waals surface area contributed by atoms with E-state index in [-0.39, 0.29) is 6.54 Å². The van der Waals surface area contributed by atoms with E-state index in [1.807, 2.05) is 0 Å². The van der Waals surface area contributed by atoms with E-state index in [2.05, 4.69) is 0 Å². The molecular weight excluding hydrogens is 274 g/mol. The Kier molecular flexibility index (Phi) is 3.93. The number of aliphatic hydroxyl groups excluding tert-OH is 1. The standard InChI is InChI=1S/C12H12F2N2O4/c13-9-5-11(16(19)20)10(14)4-8(9)12(18)15-3-1-2-7(17)6-15/h4-5,7,17H,1-3,6H2/t7-/m0/s1. The average molecular weight is 286 g/mol. The Morgan fingerprint density at radius 3 is 2.70 bits per heavy atom. The maximum Gasteiger partial charge on any atom is 0.307 e. The van der Waals surface area contributed by atoms with E-state index in [9.17, 15) is 28.8 Å². The number of carbonyl (C=O) groups excluding carboxylic acids is 1. The van der Waals surface area contributed by atoms with Crippen LogP contribution in [0.1, 0.15) is 23.2 Å². The maximum absolute atomic E-state index is 13.7. The summed E-state index contributed by atoms with van der Waals surface area (Å²) in [5.41, 5.74) is -1.58. The minimum Gasteiger partial charge on any atom is -0.391 e. The number of β-amino-alcohol motifs (C(OH)–C–C–N with tert-alkyl or cyclic N) is 1. The van der Waals surface area contributed by atoms with Crippen LogP contribution in [0.3, 0.4) is 0 Å². The molecule has 1 aromatic carbocycles. The minimum atomic E-state index is -1.27. The minimum absolute atomic E-state index is 0.0386. The van der Waals surface area contributed by atoms with Gasteiger partial charge in [0.05, 0.1) is 22.7 Å². The van der Waals surface area contributed by atoms with Crippen LogP contribution in [-0.2, 0) is 0 Å². The van der Waals surface area contributed by atoms with Crippen molar-refractivity contribution in [3.05, 3.63) is 39.4 Å². The van der Waals surface area contributed by atoms with E-state index < -0.39 is 39.8 Å². The Morgan fingerprint density at radius 2 is 2.10 bits per heavy atom. The number of halogens is 2. The molecule has 20 heavy (non-hydrogen) atoms. The van der Waals surface area contributed by atoms with Crippen LogP contribution in [0.4, 0.5) is 14.5 Å². The van der Waals surface area contributed by atoms with Crippen LogP contribution in [0.15, 0.2) is 12.1 Å². The molecule has 0 aliphatic carbocycles. The number of rotatable bonds is 2. The van der Waals surface area contributed by atoms with Crippen molar-refractivity contribution < 1.29 is 23.6 Å². The predicted molar refractivity (Wildman–Crippen MR) is 64.2 cm³/mol. The van der Waals surface area contributed by atoms with E-state index in [1.165, 1.54) is 4.90 Å². The fourth-order valence-electron chi connectivity index (χ4n) is 2.15. The van der Waals surface area contributed by atoms with E-state index in [0.29, 0.717) is 31.5 Å².